The van der Waals surface area contributed by atoms with Crippen LogP contribution < -0.4 is 14.7 Å². The van der Waals surface area contributed by atoms with Gasteiger partial charge in [-0.15, -0.1) is 0 Å². The summed E-state index contributed by atoms with van der Waals surface area (Å²) < 4.78 is 0. The smallest absolute Gasteiger partial charge is 0.342 e. The molecule has 3 aromatic rings. The number of likely N-dealkylation sites (N-methyl/N-ethyl adjacent to an activating group) is 1. The molecule has 0 N–H and O–H groups in total. The fraction of sp³-hybridized carbons (Fsp3) is 0.323. The maximum absolute atomic E-state index is 14.8. The van der Waals surface area contributed by atoms with Gasteiger partial charge in [-0.05, 0) is 62.4 Å². The van der Waals surface area contributed by atoms with E-state index in [1.165, 1.54) is 9.80 Å². The minimum atomic E-state index is -1.55. The van der Waals surface area contributed by atoms with Gasteiger partial charge in [-0.3, -0.25) is 14.5 Å². The minimum absolute atomic E-state index is 0.121. The van der Waals surface area contributed by atoms with Crippen molar-refractivity contribution in [1.29, 1.82) is 0 Å². The molecule has 2 fully saturated rings. The van der Waals surface area contributed by atoms with Gasteiger partial charge in [0.25, 0.3) is 11.8 Å². The Balaban J connectivity index is 1.60. The fourth-order valence-corrected chi connectivity index (χ4v) is 6.50. The SMILES string of the molecule is CCN1CCN2c3cccc(Cl)c3CC3(C(=O)N(c4ccc(C)cc4)C(=O)N(c4ccc(C)cc4)C3=O)C2C1. The van der Waals surface area contributed by atoms with Crippen LogP contribution in [0.2, 0.25) is 5.02 Å². The van der Waals surface area contributed by atoms with Crippen LogP contribution in [0.5, 0.6) is 0 Å². The van der Waals surface area contributed by atoms with Gasteiger partial charge in [0.1, 0.15) is 0 Å². The first kappa shape index (κ1) is 25.6. The maximum atomic E-state index is 14.8. The monoisotopic (exact) mass is 542 g/mol. The van der Waals surface area contributed by atoms with Crippen LogP contribution in [-0.4, -0.2) is 55.0 Å². The van der Waals surface area contributed by atoms with E-state index in [2.05, 4.69) is 16.7 Å². The molecule has 0 radical (unpaired) electrons. The van der Waals surface area contributed by atoms with Crippen molar-refractivity contribution < 1.29 is 14.4 Å². The number of aryl methyl sites for hydroxylation is 2. The maximum Gasteiger partial charge on any atom is 0.342 e. The summed E-state index contributed by atoms with van der Waals surface area (Å²) in [5.74, 6) is -0.994. The zero-order valence-corrected chi connectivity index (χ0v) is 23.1. The molecular weight excluding hydrogens is 512 g/mol. The van der Waals surface area contributed by atoms with E-state index in [0.717, 1.165) is 35.5 Å². The number of rotatable bonds is 3. The van der Waals surface area contributed by atoms with Crippen LogP contribution in [-0.2, 0) is 16.0 Å². The zero-order valence-electron chi connectivity index (χ0n) is 22.4. The first-order valence-corrected chi connectivity index (χ1v) is 13.8. The molecule has 3 aromatic carbocycles. The van der Waals surface area contributed by atoms with Crippen LogP contribution in [0.3, 0.4) is 0 Å². The molecule has 6 rings (SSSR count). The number of nitrogens with zero attached hydrogens (tertiary/aromatic N) is 4. The number of carbonyl (C=O) groups excluding carboxylic acids is 3. The van der Waals surface area contributed by atoms with E-state index >= 15 is 0 Å². The van der Waals surface area contributed by atoms with E-state index < -0.39 is 29.3 Å². The Morgan fingerprint density at radius 3 is 1.92 bits per heavy atom. The normalized spacial score (nSPS) is 20.9. The Labute approximate surface area is 233 Å². The molecule has 4 amide bonds. The van der Waals surface area contributed by atoms with E-state index in [1.54, 1.807) is 30.3 Å². The third-order valence-electron chi connectivity index (χ3n) is 8.48. The molecule has 3 aliphatic rings. The molecule has 0 aliphatic carbocycles. The quantitative estimate of drug-likeness (QED) is 0.425. The van der Waals surface area contributed by atoms with Gasteiger partial charge < -0.3 is 4.90 Å². The topological polar surface area (TPSA) is 64.2 Å². The zero-order chi connectivity index (χ0) is 27.5. The van der Waals surface area contributed by atoms with E-state index in [0.29, 0.717) is 29.5 Å². The van der Waals surface area contributed by atoms with Crippen LogP contribution in [0.25, 0.3) is 0 Å². The number of barbiturate groups is 1. The lowest BCUT2D eigenvalue weighted by molar-refractivity contribution is -0.143. The average molecular weight is 543 g/mol. The van der Waals surface area contributed by atoms with Gasteiger partial charge in [0.15, 0.2) is 5.41 Å². The van der Waals surface area contributed by atoms with E-state index in [4.69, 9.17) is 11.6 Å². The standard InChI is InChI=1S/C31H31ClN4O3/c1-4-33-16-17-34-26-7-5-6-25(32)24(26)18-31(27(34)19-33)28(37)35(22-12-8-20(2)9-13-22)30(39)36(29(31)38)23-14-10-21(3)11-15-23/h5-15,27H,4,16-19H2,1-3H3. The molecular formula is C31H31ClN4O3. The second kappa shape index (κ2) is 9.50. The second-order valence-corrected chi connectivity index (χ2v) is 11.1. The van der Waals surface area contributed by atoms with Crippen molar-refractivity contribution in [2.45, 2.75) is 33.2 Å². The first-order chi connectivity index (χ1) is 18.8. The Kier molecular flexibility index (Phi) is 6.24. The number of carbonyl (C=O) groups is 3. The lowest BCUT2D eigenvalue weighted by Gasteiger charge is -2.56. The molecule has 1 atom stereocenters. The van der Waals surface area contributed by atoms with Gasteiger partial charge >= 0.3 is 6.03 Å². The lowest BCUT2D eigenvalue weighted by Crippen LogP contribution is -2.76. The Morgan fingerprint density at radius 1 is 0.821 bits per heavy atom. The average Bonchev–Trinajstić information content (AvgIpc) is 2.94. The molecule has 3 aliphatic heterocycles. The number of amides is 4. The first-order valence-electron chi connectivity index (χ1n) is 13.4. The Hall–Kier alpha value is -3.68. The number of anilines is 3. The largest absolute Gasteiger partial charge is 0.364 e. The summed E-state index contributed by atoms with van der Waals surface area (Å²) in [6.07, 6.45) is 0.121. The lowest BCUT2D eigenvalue weighted by atomic mass is 9.67. The number of hydrogen-bond donors (Lipinski definition) is 0. The molecule has 7 nitrogen and oxygen atoms in total. The van der Waals surface area contributed by atoms with Crippen molar-refractivity contribution in [2.24, 2.45) is 5.41 Å². The summed E-state index contributed by atoms with van der Waals surface area (Å²) in [5, 5.41) is 0.518. The molecule has 39 heavy (non-hydrogen) atoms. The molecule has 2 saturated heterocycles. The van der Waals surface area contributed by atoms with Crippen molar-refractivity contribution in [1.82, 2.24) is 4.90 Å². The molecule has 0 bridgehead atoms. The highest BCUT2D eigenvalue weighted by Gasteiger charge is 2.65. The van der Waals surface area contributed by atoms with Gasteiger partial charge in [-0.25, -0.2) is 14.6 Å². The van der Waals surface area contributed by atoms with E-state index in [-0.39, 0.29) is 6.42 Å². The molecule has 0 aromatic heterocycles. The van der Waals surface area contributed by atoms with E-state index in [1.807, 2.05) is 50.2 Å². The van der Waals surface area contributed by atoms with Crippen molar-refractivity contribution in [3.8, 4) is 0 Å². The van der Waals surface area contributed by atoms with Crippen molar-refractivity contribution in [3.05, 3.63) is 88.4 Å². The summed E-state index contributed by atoms with van der Waals surface area (Å²) in [4.78, 5) is 50.5. The van der Waals surface area contributed by atoms with Gasteiger partial charge in [-0.2, -0.15) is 0 Å². The number of fused-ring (bicyclic) bond motifs is 4. The van der Waals surface area contributed by atoms with Crippen LogP contribution in [0, 0.1) is 19.3 Å². The highest BCUT2D eigenvalue weighted by atomic mass is 35.5. The summed E-state index contributed by atoms with van der Waals surface area (Å²) in [5.41, 5.74) is 3.08. The van der Waals surface area contributed by atoms with Gasteiger partial charge in [0, 0.05) is 36.8 Å². The predicted octanol–water partition coefficient (Wildman–Crippen LogP) is 5.21. The van der Waals surface area contributed by atoms with Crippen LogP contribution in [0.1, 0.15) is 23.6 Å². The van der Waals surface area contributed by atoms with Gasteiger partial charge in [0.2, 0.25) is 0 Å². The summed E-state index contributed by atoms with van der Waals surface area (Å²) in [7, 11) is 0. The van der Waals surface area contributed by atoms with Crippen molar-refractivity contribution >= 4 is 46.5 Å². The molecule has 1 unspecified atom stereocenters. The predicted molar refractivity (Wildman–Crippen MR) is 154 cm³/mol. The van der Waals surface area contributed by atoms with Crippen molar-refractivity contribution in [3.63, 3.8) is 0 Å². The van der Waals surface area contributed by atoms with Crippen LogP contribution in [0.15, 0.2) is 66.7 Å². The summed E-state index contributed by atoms with van der Waals surface area (Å²) in [6.45, 7) is 8.77. The molecule has 200 valence electrons. The number of piperazine rings is 1. The highest BCUT2D eigenvalue weighted by Crippen LogP contribution is 2.50. The highest BCUT2D eigenvalue weighted by molar-refractivity contribution is 6.39. The Morgan fingerprint density at radius 2 is 1.38 bits per heavy atom. The number of urea groups is 1. The molecule has 8 heteroatoms. The van der Waals surface area contributed by atoms with Gasteiger partial charge in [0.05, 0.1) is 17.4 Å². The number of halogens is 1. The molecule has 3 heterocycles. The summed E-state index contributed by atoms with van der Waals surface area (Å²) >= 11 is 6.74. The third-order valence-corrected chi connectivity index (χ3v) is 8.83. The fourth-order valence-electron chi connectivity index (χ4n) is 6.27. The van der Waals surface area contributed by atoms with Crippen LogP contribution in [0.4, 0.5) is 21.9 Å². The Bertz CT molecular complexity index is 1400. The molecule has 0 saturated carbocycles. The van der Waals surface area contributed by atoms with Gasteiger partial charge in [-0.1, -0.05) is 60.0 Å². The number of hydrogen-bond acceptors (Lipinski definition) is 5. The van der Waals surface area contributed by atoms with Crippen LogP contribution >= 0.6 is 11.6 Å². The molecule has 1 spiro atoms. The minimum Gasteiger partial charge on any atom is -0.364 e. The third kappa shape index (κ3) is 3.86. The second-order valence-electron chi connectivity index (χ2n) is 10.7. The summed E-state index contributed by atoms with van der Waals surface area (Å²) in [6, 6.07) is 19.1. The number of benzene rings is 3. The van der Waals surface area contributed by atoms with E-state index in [9.17, 15) is 14.4 Å². The van der Waals surface area contributed by atoms with Crippen molar-refractivity contribution in [2.75, 3.05) is 40.9 Å². The number of imide groups is 2.